The fourth-order valence-electron chi connectivity index (χ4n) is 3.26. The van der Waals surface area contributed by atoms with Gasteiger partial charge in [-0.1, -0.05) is 0 Å². The van der Waals surface area contributed by atoms with Crippen LogP contribution in [0.3, 0.4) is 0 Å². The number of nitrogens with one attached hydrogen (secondary N) is 5. The average Bonchev–Trinajstić information content (AvgIpc) is 2.94. The van der Waals surface area contributed by atoms with Crippen LogP contribution in [-0.4, -0.2) is 35.5 Å². The predicted octanol–water partition coefficient (Wildman–Crippen LogP) is 4.35. The molecular weight excluding hydrogens is 550 g/mol. The molecule has 3 aromatic carbocycles. The van der Waals surface area contributed by atoms with Gasteiger partial charge >= 0.3 is 0 Å². The van der Waals surface area contributed by atoms with Crippen LogP contribution in [0.5, 0.6) is 23.3 Å². The third-order valence-electron chi connectivity index (χ3n) is 5.17. The van der Waals surface area contributed by atoms with Crippen LogP contribution in [0.25, 0.3) is 0 Å². The van der Waals surface area contributed by atoms with E-state index in [4.69, 9.17) is 30.7 Å². The van der Waals surface area contributed by atoms with Gasteiger partial charge in [-0.25, -0.2) is 17.2 Å². The number of sulfonamides is 1. The molecule has 4 rings (SSSR count). The van der Waals surface area contributed by atoms with E-state index in [0.29, 0.717) is 29.3 Å². The number of amidine groups is 2. The van der Waals surface area contributed by atoms with Crippen molar-refractivity contribution in [1.82, 2.24) is 15.9 Å². The van der Waals surface area contributed by atoms with Crippen LogP contribution in [0.4, 0.5) is 14.5 Å². The van der Waals surface area contributed by atoms with Crippen LogP contribution in [0.2, 0.25) is 0 Å². The Hall–Kier alpha value is -5.12. The zero-order valence-corrected chi connectivity index (χ0v) is 21.0. The lowest BCUT2D eigenvalue weighted by molar-refractivity contribution is 0.234. The maximum absolute atomic E-state index is 13.7. The van der Waals surface area contributed by atoms with E-state index in [1.165, 1.54) is 60.7 Å². The van der Waals surface area contributed by atoms with Gasteiger partial charge in [0.15, 0.2) is 0 Å². The summed E-state index contributed by atoms with van der Waals surface area (Å²) in [6.45, 7) is 0. The Balaban J connectivity index is 1.67. The highest BCUT2D eigenvalue weighted by molar-refractivity contribution is 7.92. The zero-order chi connectivity index (χ0) is 28.9. The highest BCUT2D eigenvalue weighted by Gasteiger charge is 2.21. The van der Waals surface area contributed by atoms with Gasteiger partial charge in [-0.2, -0.15) is 4.98 Å². The molecule has 0 amide bonds. The number of halogens is 2. The van der Waals surface area contributed by atoms with Crippen LogP contribution in [0.15, 0.2) is 83.8 Å². The first-order valence-corrected chi connectivity index (χ1v) is 12.6. The number of pyridine rings is 1. The van der Waals surface area contributed by atoms with Crippen LogP contribution < -0.4 is 25.2 Å². The number of hydroxylamine groups is 2. The summed E-state index contributed by atoms with van der Waals surface area (Å²) in [4.78, 5) is 3.55. The van der Waals surface area contributed by atoms with E-state index >= 15 is 0 Å². The Kier molecular flexibility index (Phi) is 8.18. The minimum absolute atomic E-state index is 0.0271. The fraction of sp³-hybridized carbons (Fsp3) is 0. The van der Waals surface area contributed by atoms with Crippen LogP contribution in [-0.2, 0) is 10.0 Å². The molecule has 1 aromatic heterocycles. The van der Waals surface area contributed by atoms with Crippen molar-refractivity contribution in [3.05, 3.63) is 102 Å². The van der Waals surface area contributed by atoms with Gasteiger partial charge in [0.05, 0.1) is 4.90 Å². The van der Waals surface area contributed by atoms with Crippen molar-refractivity contribution in [2.75, 3.05) is 4.72 Å². The zero-order valence-electron chi connectivity index (χ0n) is 20.1. The molecule has 206 valence electrons. The van der Waals surface area contributed by atoms with Crippen LogP contribution in [0, 0.1) is 22.5 Å². The van der Waals surface area contributed by atoms with E-state index in [-0.39, 0.29) is 40.6 Å². The maximum atomic E-state index is 13.7. The van der Waals surface area contributed by atoms with Gasteiger partial charge in [0.25, 0.3) is 10.0 Å². The summed E-state index contributed by atoms with van der Waals surface area (Å²) in [5, 5.41) is 33.0. The van der Waals surface area contributed by atoms with Crippen molar-refractivity contribution in [2.24, 2.45) is 0 Å². The lowest BCUT2D eigenvalue weighted by atomic mass is 10.2. The van der Waals surface area contributed by atoms with Crippen molar-refractivity contribution in [1.29, 1.82) is 10.8 Å². The molecule has 0 unspecified atom stereocenters. The van der Waals surface area contributed by atoms with E-state index in [9.17, 15) is 17.2 Å². The van der Waals surface area contributed by atoms with Gasteiger partial charge in [0.2, 0.25) is 11.8 Å². The molecule has 0 radical (unpaired) electrons. The SMILES string of the molecule is N=C(NO)c1ccc(Oc2ccc(NS(=O)(=O)c3cc(F)cc(F)c3)c(Oc3ccc(C(=N)NO)cc3)n2)cc1. The standard InChI is InChI=1S/C25H20F2N6O6S/c26-16-11-17(27)13-20(12-16)40(36,37)33-21-9-10-22(38-18-5-1-14(2-6-18)23(28)31-34)30-25(21)39-19-7-3-15(4-8-19)24(29)32-35/h1-13,33-35H,(H2,28,31)(H2,29,32). The Morgan fingerprint density at radius 2 is 1.25 bits per heavy atom. The molecule has 0 saturated carbocycles. The molecule has 0 atom stereocenters. The molecule has 0 aliphatic heterocycles. The molecular formula is C25H20F2N6O6S. The quantitative estimate of drug-likeness (QED) is 0.0871. The Morgan fingerprint density at radius 1 is 0.750 bits per heavy atom. The Morgan fingerprint density at radius 3 is 1.75 bits per heavy atom. The number of anilines is 1. The molecule has 0 aliphatic rings. The third-order valence-corrected chi connectivity index (χ3v) is 6.52. The predicted molar refractivity (Wildman–Crippen MR) is 138 cm³/mol. The smallest absolute Gasteiger partial charge is 0.262 e. The topological polar surface area (TPSA) is 190 Å². The van der Waals surface area contributed by atoms with Gasteiger partial charge in [0.1, 0.15) is 40.5 Å². The lowest BCUT2D eigenvalue weighted by Crippen LogP contribution is -2.18. The third kappa shape index (κ3) is 6.65. The lowest BCUT2D eigenvalue weighted by Gasteiger charge is -2.15. The van der Waals surface area contributed by atoms with Crippen molar-refractivity contribution >= 4 is 27.4 Å². The molecule has 40 heavy (non-hydrogen) atoms. The number of ether oxygens (including phenoxy) is 2. The van der Waals surface area contributed by atoms with Crippen molar-refractivity contribution in [3.63, 3.8) is 0 Å². The van der Waals surface area contributed by atoms with Crippen molar-refractivity contribution in [2.45, 2.75) is 4.90 Å². The number of aromatic nitrogens is 1. The average molecular weight is 571 g/mol. The van der Waals surface area contributed by atoms with Gasteiger partial charge in [0, 0.05) is 23.3 Å². The minimum Gasteiger partial charge on any atom is -0.439 e. The summed E-state index contributed by atoms with van der Waals surface area (Å²) < 4.78 is 66.8. The molecule has 0 bridgehead atoms. The molecule has 0 saturated heterocycles. The monoisotopic (exact) mass is 570 g/mol. The highest BCUT2D eigenvalue weighted by Crippen LogP contribution is 2.33. The van der Waals surface area contributed by atoms with E-state index in [1.807, 2.05) is 0 Å². The number of hydrogen-bond donors (Lipinski definition) is 7. The molecule has 15 heteroatoms. The summed E-state index contributed by atoms with van der Waals surface area (Å²) in [7, 11) is -4.48. The van der Waals surface area contributed by atoms with Gasteiger partial charge in [-0.05, 0) is 66.7 Å². The molecule has 1 heterocycles. The minimum atomic E-state index is -4.48. The summed E-state index contributed by atoms with van der Waals surface area (Å²) in [5.74, 6) is -2.54. The number of rotatable bonds is 9. The van der Waals surface area contributed by atoms with Gasteiger partial charge in [-0.3, -0.25) is 36.9 Å². The molecule has 12 nitrogen and oxygen atoms in total. The van der Waals surface area contributed by atoms with Gasteiger partial charge in [-0.15, -0.1) is 0 Å². The molecule has 7 N–H and O–H groups in total. The largest absolute Gasteiger partial charge is 0.439 e. The molecule has 0 spiro atoms. The second-order valence-electron chi connectivity index (χ2n) is 7.94. The molecule has 0 aliphatic carbocycles. The van der Waals surface area contributed by atoms with E-state index < -0.39 is 26.6 Å². The number of hydrogen-bond acceptors (Lipinski definition) is 9. The van der Waals surface area contributed by atoms with Crippen molar-refractivity contribution in [3.8, 4) is 23.3 Å². The molecule has 4 aromatic rings. The van der Waals surface area contributed by atoms with Crippen molar-refractivity contribution < 1.29 is 37.1 Å². The second kappa shape index (κ2) is 11.7. The summed E-state index contributed by atoms with van der Waals surface area (Å²) in [6.07, 6.45) is 0. The Bertz CT molecular complexity index is 1650. The first-order valence-electron chi connectivity index (χ1n) is 11.1. The van der Waals surface area contributed by atoms with Crippen LogP contribution in [0.1, 0.15) is 11.1 Å². The molecule has 0 fully saturated rings. The number of nitrogens with zero attached hydrogens (tertiary/aromatic N) is 1. The van der Waals surface area contributed by atoms with E-state index in [2.05, 4.69) is 9.71 Å². The number of benzene rings is 3. The summed E-state index contributed by atoms with van der Waals surface area (Å²) >= 11 is 0. The van der Waals surface area contributed by atoms with Gasteiger partial charge < -0.3 is 9.47 Å². The second-order valence-corrected chi connectivity index (χ2v) is 9.62. The Labute approximate surface area is 225 Å². The summed E-state index contributed by atoms with van der Waals surface area (Å²) in [6, 6.07) is 16.2. The highest BCUT2D eigenvalue weighted by atomic mass is 32.2. The van der Waals surface area contributed by atoms with E-state index in [1.54, 1.807) is 11.0 Å². The fourth-order valence-corrected chi connectivity index (χ4v) is 4.36. The maximum Gasteiger partial charge on any atom is 0.262 e. The van der Waals surface area contributed by atoms with E-state index in [0.717, 1.165) is 0 Å². The normalized spacial score (nSPS) is 10.9. The first-order chi connectivity index (χ1) is 19.1. The first kappa shape index (κ1) is 27.9. The van der Waals surface area contributed by atoms with Crippen LogP contribution >= 0.6 is 0 Å². The summed E-state index contributed by atoms with van der Waals surface area (Å²) in [5.41, 5.74) is 3.94.